The standard InChI is InChI=1S/C16H18N4O3S2/c1-7-6-11(19-23-7)17-13(21)10(4)25-16-18-14-12(15(22)20(16)5)8(2)9(3)24-14/h6,10H,1-5H3,(H,17,19,21)/t10-/m0/s1. The zero-order valence-corrected chi connectivity index (χ0v) is 16.2. The van der Waals surface area contributed by atoms with Crippen molar-refractivity contribution in [2.24, 2.45) is 7.05 Å². The van der Waals surface area contributed by atoms with Crippen molar-refractivity contribution in [3.8, 4) is 0 Å². The average molecular weight is 378 g/mol. The van der Waals surface area contributed by atoms with E-state index in [2.05, 4.69) is 15.5 Å². The average Bonchev–Trinajstić information content (AvgIpc) is 3.08. The summed E-state index contributed by atoms with van der Waals surface area (Å²) in [5.74, 6) is 0.761. The summed E-state index contributed by atoms with van der Waals surface area (Å²) in [6.07, 6.45) is 0. The first-order valence-corrected chi connectivity index (χ1v) is 9.35. The lowest BCUT2D eigenvalue weighted by atomic mass is 10.2. The molecule has 0 aliphatic carbocycles. The number of hydrogen-bond donors (Lipinski definition) is 1. The summed E-state index contributed by atoms with van der Waals surface area (Å²) in [7, 11) is 1.68. The first-order valence-electron chi connectivity index (χ1n) is 7.65. The van der Waals surface area contributed by atoms with Crippen molar-refractivity contribution in [1.29, 1.82) is 0 Å². The molecule has 0 spiro atoms. The smallest absolute Gasteiger partial charge is 0.262 e. The van der Waals surface area contributed by atoms with Gasteiger partial charge >= 0.3 is 0 Å². The van der Waals surface area contributed by atoms with Gasteiger partial charge in [-0.05, 0) is 33.3 Å². The van der Waals surface area contributed by atoms with Gasteiger partial charge in [0.15, 0.2) is 11.0 Å². The largest absolute Gasteiger partial charge is 0.360 e. The first-order chi connectivity index (χ1) is 11.8. The van der Waals surface area contributed by atoms with Crippen molar-refractivity contribution < 1.29 is 9.32 Å². The summed E-state index contributed by atoms with van der Waals surface area (Å²) in [6, 6.07) is 1.65. The molecule has 7 nitrogen and oxygen atoms in total. The molecule has 9 heteroatoms. The quantitative estimate of drug-likeness (QED) is 0.554. The molecular weight excluding hydrogens is 360 g/mol. The Kier molecular flexibility index (Phi) is 4.70. The van der Waals surface area contributed by atoms with Crippen molar-refractivity contribution in [1.82, 2.24) is 14.7 Å². The third kappa shape index (κ3) is 3.34. The molecule has 0 radical (unpaired) electrons. The Bertz CT molecular complexity index is 1020. The number of anilines is 1. The molecule has 0 bridgehead atoms. The molecule has 0 fully saturated rings. The molecule has 3 aromatic rings. The van der Waals surface area contributed by atoms with E-state index < -0.39 is 5.25 Å². The Morgan fingerprint density at radius 1 is 1.40 bits per heavy atom. The summed E-state index contributed by atoms with van der Waals surface area (Å²) in [6.45, 7) is 7.42. The highest BCUT2D eigenvalue weighted by Gasteiger charge is 2.21. The van der Waals surface area contributed by atoms with Gasteiger partial charge in [-0.3, -0.25) is 14.2 Å². The lowest BCUT2D eigenvalue weighted by molar-refractivity contribution is -0.115. The van der Waals surface area contributed by atoms with Gasteiger partial charge in [-0.15, -0.1) is 11.3 Å². The fourth-order valence-corrected chi connectivity index (χ4v) is 4.27. The summed E-state index contributed by atoms with van der Waals surface area (Å²) in [5.41, 5.74) is 0.880. The van der Waals surface area contributed by atoms with Crippen molar-refractivity contribution in [2.75, 3.05) is 5.32 Å². The molecule has 1 N–H and O–H groups in total. The number of thiophene rings is 1. The number of aryl methyl sites for hydroxylation is 3. The van der Waals surface area contributed by atoms with Crippen molar-refractivity contribution >= 4 is 45.0 Å². The van der Waals surface area contributed by atoms with Crippen LogP contribution in [-0.4, -0.2) is 25.9 Å². The Hall–Kier alpha value is -2.13. The van der Waals surface area contributed by atoms with Gasteiger partial charge in [-0.25, -0.2) is 4.98 Å². The number of amides is 1. The van der Waals surface area contributed by atoms with Gasteiger partial charge in [-0.1, -0.05) is 16.9 Å². The predicted octanol–water partition coefficient (Wildman–Crippen LogP) is 3.03. The van der Waals surface area contributed by atoms with Crippen LogP contribution in [0.1, 0.15) is 23.1 Å². The van der Waals surface area contributed by atoms with E-state index in [-0.39, 0.29) is 11.5 Å². The van der Waals surface area contributed by atoms with Crippen LogP contribution in [0.25, 0.3) is 10.2 Å². The molecule has 3 aromatic heterocycles. The van der Waals surface area contributed by atoms with Crippen LogP contribution < -0.4 is 10.9 Å². The van der Waals surface area contributed by atoms with Gasteiger partial charge in [0.05, 0.1) is 10.6 Å². The maximum Gasteiger partial charge on any atom is 0.262 e. The van der Waals surface area contributed by atoms with Crippen LogP contribution in [0.3, 0.4) is 0 Å². The normalized spacial score (nSPS) is 12.5. The van der Waals surface area contributed by atoms with Gasteiger partial charge in [0, 0.05) is 18.0 Å². The van der Waals surface area contributed by atoms with Gasteiger partial charge in [-0.2, -0.15) is 0 Å². The third-order valence-corrected chi connectivity index (χ3v) is 6.14. The number of rotatable bonds is 4. The Balaban J connectivity index is 1.85. The summed E-state index contributed by atoms with van der Waals surface area (Å²) in [4.78, 5) is 31.3. The second kappa shape index (κ2) is 6.64. The van der Waals surface area contributed by atoms with Crippen molar-refractivity contribution in [2.45, 2.75) is 38.1 Å². The number of carbonyl (C=O) groups excluding carboxylic acids is 1. The molecule has 25 heavy (non-hydrogen) atoms. The number of fused-ring (bicyclic) bond motifs is 1. The molecule has 0 saturated heterocycles. The fraction of sp³-hybridized carbons (Fsp3) is 0.375. The molecule has 132 valence electrons. The Morgan fingerprint density at radius 3 is 2.76 bits per heavy atom. The molecule has 0 unspecified atom stereocenters. The maximum absolute atomic E-state index is 12.6. The van der Waals surface area contributed by atoms with Crippen LogP contribution in [-0.2, 0) is 11.8 Å². The molecule has 3 rings (SSSR count). The van der Waals surface area contributed by atoms with E-state index in [1.165, 1.54) is 27.7 Å². The number of thioether (sulfide) groups is 1. The second-order valence-corrected chi connectivity index (χ2v) is 8.31. The van der Waals surface area contributed by atoms with E-state index in [0.29, 0.717) is 27.0 Å². The number of carbonyl (C=O) groups is 1. The minimum atomic E-state index is -0.449. The summed E-state index contributed by atoms with van der Waals surface area (Å²) < 4.78 is 6.43. The minimum Gasteiger partial charge on any atom is -0.360 e. The van der Waals surface area contributed by atoms with E-state index in [0.717, 1.165) is 10.4 Å². The number of nitrogens with zero attached hydrogens (tertiary/aromatic N) is 3. The highest BCUT2D eigenvalue weighted by atomic mass is 32.2. The van der Waals surface area contributed by atoms with Crippen LogP contribution in [0.15, 0.2) is 20.5 Å². The fourth-order valence-electron chi connectivity index (χ4n) is 2.33. The number of nitrogens with one attached hydrogen (secondary N) is 1. The van der Waals surface area contributed by atoms with Crippen LogP contribution in [0.5, 0.6) is 0 Å². The topological polar surface area (TPSA) is 90.0 Å². The first kappa shape index (κ1) is 17.7. The minimum absolute atomic E-state index is 0.0888. The Morgan fingerprint density at radius 2 is 2.12 bits per heavy atom. The molecule has 1 atom stereocenters. The van der Waals surface area contributed by atoms with E-state index in [4.69, 9.17) is 4.52 Å². The predicted molar refractivity (Wildman–Crippen MR) is 99.5 cm³/mol. The van der Waals surface area contributed by atoms with Gasteiger partial charge in [0.1, 0.15) is 10.6 Å². The second-order valence-electron chi connectivity index (χ2n) is 5.79. The third-order valence-electron chi connectivity index (χ3n) is 3.90. The van der Waals surface area contributed by atoms with Crippen LogP contribution in [0, 0.1) is 20.8 Å². The molecule has 0 saturated carbocycles. The number of hydrogen-bond acceptors (Lipinski definition) is 7. The number of aromatic nitrogens is 3. The van der Waals surface area contributed by atoms with Crippen LogP contribution in [0.2, 0.25) is 0 Å². The highest BCUT2D eigenvalue weighted by molar-refractivity contribution is 8.00. The molecule has 3 heterocycles. The molecule has 0 aromatic carbocycles. The lowest BCUT2D eigenvalue weighted by Gasteiger charge is -2.12. The van der Waals surface area contributed by atoms with Gasteiger partial charge < -0.3 is 9.84 Å². The maximum atomic E-state index is 12.6. The monoisotopic (exact) mass is 378 g/mol. The SMILES string of the molecule is Cc1cc(NC(=O)[C@H](C)Sc2nc3sc(C)c(C)c3c(=O)n2C)no1. The van der Waals surface area contributed by atoms with Crippen molar-refractivity contribution in [3.63, 3.8) is 0 Å². The van der Waals surface area contributed by atoms with E-state index in [1.807, 2.05) is 13.8 Å². The molecular formula is C16H18N4O3S2. The molecule has 1 amide bonds. The summed E-state index contributed by atoms with van der Waals surface area (Å²) >= 11 is 2.73. The molecule has 0 aliphatic heterocycles. The zero-order chi connectivity index (χ0) is 18.3. The zero-order valence-electron chi connectivity index (χ0n) is 14.5. The van der Waals surface area contributed by atoms with Crippen molar-refractivity contribution in [3.05, 3.63) is 32.6 Å². The van der Waals surface area contributed by atoms with E-state index >= 15 is 0 Å². The highest BCUT2D eigenvalue weighted by Crippen LogP contribution is 2.29. The summed E-state index contributed by atoms with van der Waals surface area (Å²) in [5, 5.41) is 7.15. The van der Waals surface area contributed by atoms with E-state index in [9.17, 15) is 9.59 Å². The molecule has 0 aliphatic rings. The van der Waals surface area contributed by atoms with Gasteiger partial charge in [0.2, 0.25) is 5.91 Å². The van der Waals surface area contributed by atoms with Crippen LogP contribution in [0.4, 0.5) is 5.82 Å². The van der Waals surface area contributed by atoms with E-state index in [1.54, 1.807) is 27.0 Å². The van der Waals surface area contributed by atoms with Crippen LogP contribution >= 0.6 is 23.1 Å². The lowest BCUT2D eigenvalue weighted by Crippen LogP contribution is -2.25. The van der Waals surface area contributed by atoms with Gasteiger partial charge in [0.25, 0.3) is 5.56 Å². The Labute approximate surface area is 152 Å².